The van der Waals surface area contributed by atoms with Gasteiger partial charge in [0.25, 0.3) is 0 Å². The third-order valence-corrected chi connectivity index (χ3v) is 3.20. The molecule has 1 aromatic heterocycles. The van der Waals surface area contributed by atoms with Crippen LogP contribution in [-0.2, 0) is 11.2 Å². The van der Waals surface area contributed by atoms with Crippen molar-refractivity contribution in [2.75, 3.05) is 13.2 Å². The van der Waals surface area contributed by atoms with Crippen molar-refractivity contribution in [1.82, 2.24) is 5.16 Å². The van der Waals surface area contributed by atoms with Gasteiger partial charge in [-0.1, -0.05) is 29.4 Å². The lowest BCUT2D eigenvalue weighted by Gasteiger charge is -2.25. The van der Waals surface area contributed by atoms with Crippen LogP contribution in [0.1, 0.15) is 16.1 Å². The second-order valence-corrected chi connectivity index (χ2v) is 4.69. The van der Waals surface area contributed by atoms with E-state index >= 15 is 0 Å². The minimum absolute atomic E-state index is 0.0781. The summed E-state index contributed by atoms with van der Waals surface area (Å²) in [6.07, 6.45) is 1.01. The fraction of sp³-hybridized carbons (Fsp3) is 0.286. The number of hydrogen-bond acceptors (Lipinski definition) is 4. The molecule has 5 nitrogen and oxygen atoms in total. The quantitative estimate of drug-likeness (QED) is 0.911. The molecule has 2 aromatic rings. The van der Waals surface area contributed by atoms with Crippen LogP contribution in [0.4, 0.5) is 0 Å². The molecule has 0 spiro atoms. The van der Waals surface area contributed by atoms with Crippen LogP contribution in [-0.4, -0.2) is 29.4 Å². The van der Waals surface area contributed by atoms with E-state index in [1.807, 2.05) is 24.3 Å². The molecule has 19 heavy (non-hydrogen) atoms. The average molecular weight is 259 g/mol. The molecule has 0 unspecified atom stereocenters. The highest BCUT2D eigenvalue weighted by atomic mass is 16.5. The molecule has 0 aliphatic carbocycles. The number of carboxylic acids is 1. The predicted octanol–water partition coefficient (Wildman–Crippen LogP) is 2.23. The second kappa shape index (κ2) is 4.85. The molecule has 0 atom stereocenters. The van der Waals surface area contributed by atoms with Gasteiger partial charge in [0.05, 0.1) is 13.2 Å². The van der Waals surface area contributed by atoms with E-state index in [4.69, 9.17) is 14.4 Å². The van der Waals surface area contributed by atoms with Crippen LogP contribution in [0, 0.1) is 5.92 Å². The van der Waals surface area contributed by atoms with E-state index in [1.165, 1.54) is 11.6 Å². The first-order valence-electron chi connectivity index (χ1n) is 6.09. The molecule has 1 aliphatic rings. The minimum Gasteiger partial charge on any atom is -0.476 e. The number of aromatic nitrogens is 1. The lowest BCUT2D eigenvalue weighted by molar-refractivity contribution is -0.0312. The van der Waals surface area contributed by atoms with Crippen LogP contribution >= 0.6 is 0 Å². The van der Waals surface area contributed by atoms with Gasteiger partial charge in [-0.15, -0.1) is 0 Å². The Hall–Kier alpha value is -2.14. The van der Waals surface area contributed by atoms with Gasteiger partial charge in [-0.3, -0.25) is 0 Å². The molecule has 1 aliphatic heterocycles. The molecule has 1 fully saturated rings. The Morgan fingerprint density at radius 2 is 2.05 bits per heavy atom. The van der Waals surface area contributed by atoms with Gasteiger partial charge in [-0.05, 0) is 12.0 Å². The van der Waals surface area contributed by atoms with Gasteiger partial charge in [-0.2, -0.15) is 0 Å². The van der Waals surface area contributed by atoms with Crippen LogP contribution in [0.2, 0.25) is 0 Å². The van der Waals surface area contributed by atoms with E-state index in [0.717, 1.165) is 25.2 Å². The van der Waals surface area contributed by atoms with Crippen LogP contribution in [0.5, 0.6) is 0 Å². The van der Waals surface area contributed by atoms with E-state index in [0.29, 0.717) is 11.7 Å². The number of carbonyl (C=O) groups is 1. The Morgan fingerprint density at radius 1 is 1.32 bits per heavy atom. The predicted molar refractivity (Wildman–Crippen MR) is 66.9 cm³/mol. The third-order valence-electron chi connectivity index (χ3n) is 3.20. The highest BCUT2D eigenvalue weighted by Gasteiger charge is 2.18. The standard InChI is InChI=1S/C14H13NO4/c16-14(17)12-6-13(19-15-12)11-3-1-9(2-4-11)5-10-7-18-8-10/h1-4,6,10H,5,7-8H2,(H,16,17). The van der Waals surface area contributed by atoms with E-state index < -0.39 is 5.97 Å². The number of carboxylic acid groups (broad SMARTS) is 1. The SMILES string of the molecule is O=C(O)c1cc(-c2ccc(CC3COC3)cc2)on1. The van der Waals surface area contributed by atoms with E-state index in [9.17, 15) is 4.79 Å². The van der Waals surface area contributed by atoms with Gasteiger partial charge in [0.1, 0.15) is 0 Å². The first-order chi connectivity index (χ1) is 9.22. The van der Waals surface area contributed by atoms with Crippen molar-refractivity contribution >= 4 is 5.97 Å². The van der Waals surface area contributed by atoms with Gasteiger partial charge in [0.2, 0.25) is 0 Å². The minimum atomic E-state index is -1.09. The summed E-state index contributed by atoms with van der Waals surface area (Å²) in [6.45, 7) is 1.68. The molecule has 0 radical (unpaired) electrons. The Kier molecular flexibility index (Phi) is 3.05. The molecule has 5 heteroatoms. The van der Waals surface area contributed by atoms with Crippen molar-refractivity contribution in [2.45, 2.75) is 6.42 Å². The molecule has 1 N–H and O–H groups in total. The third kappa shape index (κ3) is 2.51. The summed E-state index contributed by atoms with van der Waals surface area (Å²) in [5.74, 6) is 0.00211. The van der Waals surface area contributed by atoms with E-state index in [2.05, 4.69) is 5.16 Å². The molecule has 1 saturated heterocycles. The molecular weight excluding hydrogens is 246 g/mol. The summed E-state index contributed by atoms with van der Waals surface area (Å²) < 4.78 is 10.2. The van der Waals surface area contributed by atoms with Crippen molar-refractivity contribution in [3.63, 3.8) is 0 Å². The van der Waals surface area contributed by atoms with Gasteiger partial charge < -0.3 is 14.4 Å². The number of nitrogens with zero attached hydrogens (tertiary/aromatic N) is 1. The van der Waals surface area contributed by atoms with Crippen molar-refractivity contribution in [2.24, 2.45) is 5.92 Å². The van der Waals surface area contributed by atoms with E-state index in [-0.39, 0.29) is 5.69 Å². The van der Waals surface area contributed by atoms with Gasteiger partial charge in [-0.25, -0.2) is 4.79 Å². The van der Waals surface area contributed by atoms with Gasteiger partial charge in [0, 0.05) is 17.5 Å². The van der Waals surface area contributed by atoms with Crippen molar-refractivity contribution in [3.05, 3.63) is 41.6 Å². The molecule has 98 valence electrons. The second-order valence-electron chi connectivity index (χ2n) is 4.69. The Balaban J connectivity index is 1.75. The maximum Gasteiger partial charge on any atom is 0.358 e. The summed E-state index contributed by atoms with van der Waals surface area (Å²) in [7, 11) is 0. The maximum absolute atomic E-state index is 10.7. The molecular formula is C14H13NO4. The summed E-state index contributed by atoms with van der Waals surface area (Å²) >= 11 is 0. The number of benzene rings is 1. The molecule has 0 amide bonds. The van der Waals surface area contributed by atoms with Crippen molar-refractivity contribution in [3.8, 4) is 11.3 Å². The van der Waals surface area contributed by atoms with Crippen LogP contribution in [0.3, 0.4) is 0 Å². The summed E-state index contributed by atoms with van der Waals surface area (Å²) in [4.78, 5) is 10.7. The largest absolute Gasteiger partial charge is 0.476 e. The van der Waals surface area contributed by atoms with Crippen LogP contribution < -0.4 is 0 Å². The number of aromatic carboxylic acids is 1. The fourth-order valence-electron chi connectivity index (χ4n) is 2.05. The van der Waals surface area contributed by atoms with Gasteiger partial charge >= 0.3 is 5.97 Å². The highest BCUT2D eigenvalue weighted by Crippen LogP contribution is 2.23. The zero-order valence-electron chi connectivity index (χ0n) is 10.2. The Bertz CT molecular complexity index is 584. The summed E-state index contributed by atoms with van der Waals surface area (Å²) in [5, 5.41) is 12.3. The molecule has 1 aromatic carbocycles. The fourth-order valence-corrected chi connectivity index (χ4v) is 2.05. The Morgan fingerprint density at radius 3 is 2.58 bits per heavy atom. The lowest BCUT2D eigenvalue weighted by atomic mass is 9.97. The lowest BCUT2D eigenvalue weighted by Crippen LogP contribution is -2.29. The normalized spacial score (nSPS) is 15.2. The first kappa shape index (κ1) is 11.9. The maximum atomic E-state index is 10.7. The monoisotopic (exact) mass is 259 g/mol. The molecule has 3 rings (SSSR count). The number of ether oxygens (including phenoxy) is 1. The highest BCUT2D eigenvalue weighted by molar-refractivity contribution is 5.86. The zero-order valence-corrected chi connectivity index (χ0v) is 10.2. The molecule has 2 heterocycles. The summed E-state index contributed by atoms with van der Waals surface area (Å²) in [6, 6.07) is 9.31. The smallest absolute Gasteiger partial charge is 0.358 e. The van der Waals surface area contributed by atoms with Crippen LogP contribution in [0.15, 0.2) is 34.9 Å². The molecule has 0 saturated carbocycles. The van der Waals surface area contributed by atoms with Crippen molar-refractivity contribution in [1.29, 1.82) is 0 Å². The zero-order chi connectivity index (χ0) is 13.2. The number of rotatable bonds is 4. The summed E-state index contributed by atoms with van der Waals surface area (Å²) in [5.41, 5.74) is 1.99. The first-order valence-corrected chi connectivity index (χ1v) is 6.09. The van der Waals surface area contributed by atoms with Crippen LogP contribution in [0.25, 0.3) is 11.3 Å². The van der Waals surface area contributed by atoms with E-state index in [1.54, 1.807) is 0 Å². The average Bonchev–Trinajstić information content (AvgIpc) is 2.84. The Labute approximate surface area is 109 Å². The molecule has 0 bridgehead atoms. The number of hydrogen-bond donors (Lipinski definition) is 1. The topological polar surface area (TPSA) is 72.6 Å². The van der Waals surface area contributed by atoms with Gasteiger partial charge in [0.15, 0.2) is 11.5 Å². The van der Waals surface area contributed by atoms with Crippen molar-refractivity contribution < 1.29 is 19.2 Å².